The Morgan fingerprint density at radius 2 is 2.33 bits per heavy atom. The van der Waals surface area contributed by atoms with Crippen LogP contribution in [-0.4, -0.2) is 41.4 Å². The summed E-state index contributed by atoms with van der Waals surface area (Å²) in [6, 6.07) is 0.335. The maximum atomic E-state index is 11.5. The SMILES string of the molecule is CN(C)C(=O)CCc1cncc([C@@H]2CCCN2)n1. The zero-order valence-corrected chi connectivity index (χ0v) is 11.0. The summed E-state index contributed by atoms with van der Waals surface area (Å²) >= 11 is 0. The molecule has 0 aliphatic carbocycles. The minimum absolute atomic E-state index is 0.126. The molecule has 1 saturated heterocycles. The standard InChI is InChI=1S/C13H20N4O/c1-17(2)13(18)6-5-10-8-14-9-12(16-10)11-4-3-7-15-11/h8-9,11,15H,3-7H2,1-2H3/t11-/m0/s1. The minimum atomic E-state index is 0.126. The maximum absolute atomic E-state index is 11.5. The zero-order valence-electron chi connectivity index (χ0n) is 11.0. The molecule has 1 N–H and O–H groups in total. The predicted octanol–water partition coefficient (Wildman–Crippen LogP) is 0.922. The Balaban J connectivity index is 1.96. The smallest absolute Gasteiger partial charge is 0.222 e. The fraction of sp³-hybridized carbons (Fsp3) is 0.615. The molecule has 1 fully saturated rings. The summed E-state index contributed by atoms with van der Waals surface area (Å²) in [7, 11) is 3.54. The Morgan fingerprint density at radius 1 is 1.50 bits per heavy atom. The van der Waals surface area contributed by atoms with Crippen LogP contribution in [0.5, 0.6) is 0 Å². The van der Waals surface area contributed by atoms with Gasteiger partial charge >= 0.3 is 0 Å². The van der Waals surface area contributed by atoms with Crippen molar-refractivity contribution >= 4 is 5.91 Å². The Bertz CT molecular complexity index is 413. The first-order chi connectivity index (χ1) is 8.66. The summed E-state index contributed by atoms with van der Waals surface area (Å²) in [6.07, 6.45) is 7.03. The number of carbonyl (C=O) groups excluding carboxylic acids is 1. The molecule has 1 aromatic heterocycles. The van der Waals surface area contributed by atoms with E-state index in [9.17, 15) is 4.79 Å². The number of amides is 1. The highest BCUT2D eigenvalue weighted by atomic mass is 16.2. The monoisotopic (exact) mass is 248 g/mol. The van der Waals surface area contributed by atoms with Crippen LogP contribution in [0.1, 0.15) is 36.7 Å². The highest BCUT2D eigenvalue weighted by molar-refractivity contribution is 5.75. The van der Waals surface area contributed by atoms with Crippen LogP contribution < -0.4 is 5.32 Å². The first kappa shape index (κ1) is 13.0. The van der Waals surface area contributed by atoms with E-state index in [0.717, 1.165) is 24.4 Å². The van der Waals surface area contributed by atoms with Gasteiger partial charge in [0.1, 0.15) is 0 Å². The largest absolute Gasteiger partial charge is 0.349 e. The molecular formula is C13H20N4O. The van der Waals surface area contributed by atoms with Gasteiger partial charge in [0.05, 0.1) is 17.4 Å². The molecule has 0 unspecified atom stereocenters. The van der Waals surface area contributed by atoms with Crippen LogP contribution in [0.3, 0.4) is 0 Å². The molecule has 1 aliphatic rings. The summed E-state index contributed by atoms with van der Waals surface area (Å²) in [5.74, 6) is 0.126. The second kappa shape index (κ2) is 5.91. The number of aryl methyl sites for hydroxylation is 1. The van der Waals surface area contributed by atoms with E-state index in [2.05, 4.69) is 15.3 Å². The molecule has 0 spiro atoms. The van der Waals surface area contributed by atoms with Gasteiger partial charge in [-0.3, -0.25) is 14.8 Å². The first-order valence-corrected chi connectivity index (χ1v) is 6.41. The molecule has 1 aromatic rings. The van der Waals surface area contributed by atoms with E-state index in [1.165, 1.54) is 6.42 Å². The van der Waals surface area contributed by atoms with Crippen molar-refractivity contribution in [3.05, 3.63) is 23.8 Å². The zero-order chi connectivity index (χ0) is 13.0. The van der Waals surface area contributed by atoms with Crippen LogP contribution in [0.15, 0.2) is 12.4 Å². The molecule has 18 heavy (non-hydrogen) atoms. The Morgan fingerprint density at radius 3 is 3.00 bits per heavy atom. The molecule has 5 heteroatoms. The number of carbonyl (C=O) groups is 1. The highest BCUT2D eigenvalue weighted by Gasteiger charge is 2.18. The fourth-order valence-electron chi connectivity index (χ4n) is 2.11. The molecule has 0 saturated carbocycles. The molecule has 1 atom stereocenters. The van der Waals surface area contributed by atoms with Gasteiger partial charge in [-0.2, -0.15) is 0 Å². The molecule has 2 rings (SSSR count). The van der Waals surface area contributed by atoms with Crippen LogP contribution >= 0.6 is 0 Å². The molecule has 1 amide bonds. The highest BCUT2D eigenvalue weighted by Crippen LogP contribution is 2.20. The van der Waals surface area contributed by atoms with Crippen LogP contribution in [-0.2, 0) is 11.2 Å². The number of hydrogen-bond donors (Lipinski definition) is 1. The van der Waals surface area contributed by atoms with Gasteiger partial charge in [0, 0.05) is 32.9 Å². The molecule has 2 heterocycles. The third-order valence-corrected chi connectivity index (χ3v) is 3.21. The summed E-state index contributed by atoms with van der Waals surface area (Å²) in [5.41, 5.74) is 1.90. The van der Waals surface area contributed by atoms with E-state index in [-0.39, 0.29) is 5.91 Å². The lowest BCUT2D eigenvalue weighted by molar-refractivity contribution is -0.128. The van der Waals surface area contributed by atoms with Crippen molar-refractivity contribution in [1.29, 1.82) is 0 Å². The molecule has 0 radical (unpaired) electrons. The second-order valence-electron chi connectivity index (χ2n) is 4.87. The lowest BCUT2D eigenvalue weighted by atomic mass is 10.1. The molecule has 0 aromatic carbocycles. The quantitative estimate of drug-likeness (QED) is 0.861. The van der Waals surface area contributed by atoms with Crippen LogP contribution in [0, 0.1) is 0 Å². The number of hydrogen-bond acceptors (Lipinski definition) is 4. The lowest BCUT2D eigenvalue weighted by Crippen LogP contribution is -2.22. The van der Waals surface area contributed by atoms with E-state index in [4.69, 9.17) is 0 Å². The summed E-state index contributed by atoms with van der Waals surface area (Å²) < 4.78 is 0. The number of nitrogens with zero attached hydrogens (tertiary/aromatic N) is 3. The van der Waals surface area contributed by atoms with Gasteiger partial charge in [-0.05, 0) is 25.8 Å². The van der Waals surface area contributed by atoms with E-state index >= 15 is 0 Å². The number of aromatic nitrogens is 2. The van der Waals surface area contributed by atoms with Gasteiger partial charge in [0.15, 0.2) is 0 Å². The van der Waals surface area contributed by atoms with Crippen LogP contribution in [0.25, 0.3) is 0 Å². The molecule has 98 valence electrons. The van der Waals surface area contributed by atoms with Crippen molar-refractivity contribution in [2.24, 2.45) is 0 Å². The van der Waals surface area contributed by atoms with Crippen molar-refractivity contribution in [3.8, 4) is 0 Å². The third-order valence-electron chi connectivity index (χ3n) is 3.21. The summed E-state index contributed by atoms with van der Waals surface area (Å²) in [6.45, 7) is 1.05. The van der Waals surface area contributed by atoms with Gasteiger partial charge in [0.2, 0.25) is 5.91 Å². The first-order valence-electron chi connectivity index (χ1n) is 6.41. The van der Waals surface area contributed by atoms with Crippen molar-refractivity contribution in [2.45, 2.75) is 31.7 Å². The van der Waals surface area contributed by atoms with Crippen LogP contribution in [0.2, 0.25) is 0 Å². The molecule has 0 bridgehead atoms. The predicted molar refractivity (Wildman–Crippen MR) is 69.0 cm³/mol. The average molecular weight is 248 g/mol. The van der Waals surface area contributed by atoms with E-state index in [0.29, 0.717) is 18.9 Å². The normalized spacial score (nSPS) is 18.9. The lowest BCUT2D eigenvalue weighted by Gasteiger charge is -2.11. The Hall–Kier alpha value is -1.49. The van der Waals surface area contributed by atoms with Crippen LogP contribution in [0.4, 0.5) is 0 Å². The van der Waals surface area contributed by atoms with Gasteiger partial charge in [-0.25, -0.2) is 0 Å². The summed E-state index contributed by atoms with van der Waals surface area (Å²) in [5, 5.41) is 3.41. The average Bonchev–Trinajstić information content (AvgIpc) is 2.90. The van der Waals surface area contributed by atoms with Crippen molar-refractivity contribution in [1.82, 2.24) is 20.2 Å². The summed E-state index contributed by atoms with van der Waals surface area (Å²) in [4.78, 5) is 21.9. The Labute approximate surface area is 108 Å². The van der Waals surface area contributed by atoms with Crippen molar-refractivity contribution in [3.63, 3.8) is 0 Å². The molecular weight excluding hydrogens is 228 g/mol. The van der Waals surface area contributed by atoms with E-state index in [1.54, 1.807) is 25.2 Å². The van der Waals surface area contributed by atoms with E-state index < -0.39 is 0 Å². The second-order valence-corrected chi connectivity index (χ2v) is 4.87. The fourth-order valence-corrected chi connectivity index (χ4v) is 2.11. The molecule has 5 nitrogen and oxygen atoms in total. The van der Waals surface area contributed by atoms with Gasteiger partial charge in [-0.15, -0.1) is 0 Å². The van der Waals surface area contributed by atoms with Gasteiger partial charge < -0.3 is 10.2 Å². The van der Waals surface area contributed by atoms with Gasteiger partial charge in [0.25, 0.3) is 0 Å². The third kappa shape index (κ3) is 3.26. The number of rotatable bonds is 4. The van der Waals surface area contributed by atoms with E-state index in [1.807, 2.05) is 6.20 Å². The van der Waals surface area contributed by atoms with Crippen molar-refractivity contribution in [2.75, 3.05) is 20.6 Å². The topological polar surface area (TPSA) is 58.1 Å². The Kier molecular flexibility index (Phi) is 4.25. The number of nitrogens with one attached hydrogen (secondary N) is 1. The molecule has 1 aliphatic heterocycles. The van der Waals surface area contributed by atoms with Crippen molar-refractivity contribution < 1.29 is 4.79 Å². The maximum Gasteiger partial charge on any atom is 0.222 e. The van der Waals surface area contributed by atoms with Gasteiger partial charge in [-0.1, -0.05) is 0 Å². The minimum Gasteiger partial charge on any atom is -0.349 e.